The highest BCUT2D eigenvalue weighted by molar-refractivity contribution is 5.06. The van der Waals surface area contributed by atoms with Crippen LogP contribution in [-0.4, -0.2) is 64.6 Å². The summed E-state index contributed by atoms with van der Waals surface area (Å²) in [5, 5.41) is 9.03. The molecule has 16 heavy (non-hydrogen) atoms. The molecular weight excluding hydrogens is 204 g/mol. The minimum atomic E-state index is 0.0856. The molecule has 0 aliphatic carbocycles. The van der Waals surface area contributed by atoms with Crippen LogP contribution in [0.15, 0.2) is 0 Å². The third-order valence-electron chi connectivity index (χ3n) is 4.21. The Balaban J connectivity index is 1.63. The highest BCUT2D eigenvalue weighted by atomic mass is 16.6. The molecule has 0 saturated carbocycles. The number of likely N-dealkylation sites (tertiary alicyclic amines) is 2. The predicted octanol–water partition coefficient (Wildman–Crippen LogP) is 0.261. The second-order valence-electron chi connectivity index (χ2n) is 6.31. The quantitative estimate of drug-likeness (QED) is 0.686. The molecule has 3 fully saturated rings. The van der Waals surface area contributed by atoms with Crippen LogP contribution in [0.1, 0.15) is 27.2 Å². The third kappa shape index (κ3) is 1.59. The number of aliphatic hydroxyl groups excluding tert-OH is 1. The second-order valence-corrected chi connectivity index (χ2v) is 6.31. The van der Waals surface area contributed by atoms with Gasteiger partial charge in [-0.3, -0.25) is 9.80 Å². The molecule has 0 spiro atoms. The van der Waals surface area contributed by atoms with Crippen molar-refractivity contribution in [1.82, 2.24) is 9.80 Å². The minimum absolute atomic E-state index is 0.0856. The summed E-state index contributed by atoms with van der Waals surface area (Å²) in [5.41, 5.74) is 0.284. The molecule has 1 N–H and O–H groups in total. The lowest BCUT2D eigenvalue weighted by Gasteiger charge is -2.41. The molecule has 3 saturated heterocycles. The van der Waals surface area contributed by atoms with Crippen LogP contribution >= 0.6 is 0 Å². The van der Waals surface area contributed by atoms with Gasteiger partial charge in [0.15, 0.2) is 0 Å². The number of nitrogens with zero attached hydrogens (tertiary/aromatic N) is 2. The molecule has 0 aromatic heterocycles. The second kappa shape index (κ2) is 3.42. The molecule has 3 heterocycles. The first-order valence-corrected chi connectivity index (χ1v) is 6.29. The Bertz CT molecular complexity index is 289. The lowest BCUT2D eigenvalue weighted by atomic mass is 10.0. The molecule has 2 bridgehead atoms. The number of ether oxygens (including phenoxy) is 1. The van der Waals surface area contributed by atoms with Gasteiger partial charge in [0.2, 0.25) is 0 Å². The van der Waals surface area contributed by atoms with Gasteiger partial charge in [-0.15, -0.1) is 0 Å². The van der Waals surface area contributed by atoms with E-state index < -0.39 is 0 Å². The van der Waals surface area contributed by atoms with Crippen molar-refractivity contribution in [2.75, 3.05) is 19.7 Å². The largest absolute Gasteiger partial charge is 0.394 e. The Morgan fingerprint density at radius 1 is 1.25 bits per heavy atom. The zero-order valence-corrected chi connectivity index (χ0v) is 10.4. The average Bonchev–Trinajstić information content (AvgIpc) is 2.71. The van der Waals surface area contributed by atoms with E-state index in [4.69, 9.17) is 9.84 Å². The van der Waals surface area contributed by atoms with Gasteiger partial charge in [-0.25, -0.2) is 0 Å². The molecule has 0 aromatic rings. The lowest BCUT2D eigenvalue weighted by molar-refractivity contribution is 0.0374. The molecule has 4 unspecified atom stereocenters. The maximum Gasteiger partial charge on any atom is 0.140 e. The first-order chi connectivity index (χ1) is 7.50. The van der Waals surface area contributed by atoms with E-state index >= 15 is 0 Å². The number of hydrogen-bond donors (Lipinski definition) is 1. The Morgan fingerprint density at radius 3 is 2.44 bits per heavy atom. The van der Waals surface area contributed by atoms with Crippen molar-refractivity contribution in [3.05, 3.63) is 0 Å². The van der Waals surface area contributed by atoms with E-state index in [0.29, 0.717) is 12.1 Å². The normalized spacial score (nSPS) is 44.2. The van der Waals surface area contributed by atoms with E-state index in [1.807, 2.05) is 0 Å². The van der Waals surface area contributed by atoms with E-state index in [1.165, 1.54) is 6.42 Å². The molecule has 0 radical (unpaired) electrons. The fraction of sp³-hybridized carbons (Fsp3) is 1.00. The van der Waals surface area contributed by atoms with Gasteiger partial charge in [-0.1, -0.05) is 0 Å². The molecule has 92 valence electrons. The van der Waals surface area contributed by atoms with Crippen molar-refractivity contribution < 1.29 is 9.84 Å². The maximum atomic E-state index is 9.03. The monoisotopic (exact) mass is 226 g/mol. The Labute approximate surface area is 97.2 Å². The highest BCUT2D eigenvalue weighted by Crippen LogP contribution is 2.40. The van der Waals surface area contributed by atoms with Gasteiger partial charge in [-0.2, -0.15) is 0 Å². The van der Waals surface area contributed by atoms with Gasteiger partial charge in [0, 0.05) is 30.7 Å². The van der Waals surface area contributed by atoms with Crippen LogP contribution < -0.4 is 0 Å². The van der Waals surface area contributed by atoms with Crippen LogP contribution in [0.4, 0.5) is 0 Å². The number of hydrogen-bond acceptors (Lipinski definition) is 4. The van der Waals surface area contributed by atoms with Crippen LogP contribution in [-0.2, 0) is 4.74 Å². The van der Waals surface area contributed by atoms with Crippen molar-refractivity contribution in [2.45, 2.75) is 57.1 Å². The van der Waals surface area contributed by atoms with Crippen molar-refractivity contribution in [3.63, 3.8) is 0 Å². The molecule has 3 aliphatic rings. The molecule has 4 atom stereocenters. The first kappa shape index (κ1) is 11.0. The summed E-state index contributed by atoms with van der Waals surface area (Å²) in [6.07, 6.45) is 1.57. The van der Waals surface area contributed by atoms with Crippen molar-refractivity contribution in [2.24, 2.45) is 0 Å². The molecule has 3 rings (SSSR count). The lowest BCUT2D eigenvalue weighted by Crippen LogP contribution is -2.54. The van der Waals surface area contributed by atoms with E-state index in [1.54, 1.807) is 0 Å². The fourth-order valence-corrected chi connectivity index (χ4v) is 3.39. The van der Waals surface area contributed by atoms with E-state index in [0.717, 1.165) is 13.1 Å². The number of fused-ring (bicyclic) bond motifs is 2. The van der Waals surface area contributed by atoms with Crippen molar-refractivity contribution >= 4 is 0 Å². The highest BCUT2D eigenvalue weighted by Gasteiger charge is 2.54. The Hall–Kier alpha value is -0.160. The van der Waals surface area contributed by atoms with Crippen LogP contribution in [0.3, 0.4) is 0 Å². The number of rotatable bonds is 2. The zero-order valence-electron chi connectivity index (χ0n) is 10.4. The Kier molecular flexibility index (Phi) is 2.34. The van der Waals surface area contributed by atoms with Crippen LogP contribution in [0.5, 0.6) is 0 Å². The van der Waals surface area contributed by atoms with Gasteiger partial charge in [0.25, 0.3) is 0 Å². The summed E-state index contributed by atoms with van der Waals surface area (Å²) >= 11 is 0. The topological polar surface area (TPSA) is 39.2 Å². The van der Waals surface area contributed by atoms with Gasteiger partial charge < -0.3 is 9.84 Å². The SMILES string of the molecule is CC(C)(C)N1CC2CC1CN2C1OC1CO. The van der Waals surface area contributed by atoms with Gasteiger partial charge >= 0.3 is 0 Å². The summed E-state index contributed by atoms with van der Waals surface area (Å²) in [4.78, 5) is 5.07. The molecule has 4 heteroatoms. The van der Waals surface area contributed by atoms with Gasteiger partial charge in [-0.05, 0) is 27.2 Å². The molecule has 4 nitrogen and oxygen atoms in total. The maximum absolute atomic E-state index is 9.03. The van der Waals surface area contributed by atoms with Gasteiger partial charge in [0.05, 0.1) is 6.61 Å². The molecular formula is C12H22N2O2. The van der Waals surface area contributed by atoms with Crippen molar-refractivity contribution in [1.29, 1.82) is 0 Å². The number of piperazine rings is 1. The van der Waals surface area contributed by atoms with Crippen molar-refractivity contribution in [3.8, 4) is 0 Å². The summed E-state index contributed by atoms with van der Waals surface area (Å²) in [7, 11) is 0. The van der Waals surface area contributed by atoms with E-state index in [9.17, 15) is 0 Å². The fourth-order valence-electron chi connectivity index (χ4n) is 3.39. The van der Waals surface area contributed by atoms with E-state index in [-0.39, 0.29) is 24.5 Å². The average molecular weight is 226 g/mol. The Morgan fingerprint density at radius 2 is 2.00 bits per heavy atom. The predicted molar refractivity (Wildman–Crippen MR) is 61.1 cm³/mol. The van der Waals surface area contributed by atoms with Crippen LogP contribution in [0.2, 0.25) is 0 Å². The van der Waals surface area contributed by atoms with Crippen LogP contribution in [0.25, 0.3) is 0 Å². The third-order valence-corrected chi connectivity index (χ3v) is 4.21. The van der Waals surface area contributed by atoms with Gasteiger partial charge in [0.1, 0.15) is 12.3 Å². The smallest absolute Gasteiger partial charge is 0.140 e. The summed E-state index contributed by atoms with van der Waals surface area (Å²) in [6.45, 7) is 9.32. The molecule has 0 aromatic carbocycles. The zero-order chi connectivity index (χ0) is 11.5. The number of aliphatic hydroxyl groups is 1. The summed E-state index contributed by atoms with van der Waals surface area (Å²) in [6, 6.07) is 1.33. The standard InChI is InChI=1S/C12H22N2O2/c1-12(2,3)14-6-8-4-9(14)5-13(8)11-10(7-15)16-11/h8-11,15H,4-7H2,1-3H3. The number of epoxide rings is 1. The summed E-state index contributed by atoms with van der Waals surface area (Å²) in [5.74, 6) is 0. The summed E-state index contributed by atoms with van der Waals surface area (Å²) < 4.78 is 5.48. The molecule has 3 aliphatic heterocycles. The van der Waals surface area contributed by atoms with E-state index in [2.05, 4.69) is 30.6 Å². The first-order valence-electron chi connectivity index (χ1n) is 6.29. The van der Waals surface area contributed by atoms with Crippen LogP contribution in [0, 0.1) is 0 Å². The molecule has 0 amide bonds. The minimum Gasteiger partial charge on any atom is -0.394 e.